The molecule has 1 aliphatic rings. The smallest absolute Gasteiger partial charge is 0.266 e. The Balaban J connectivity index is 1.37. The van der Waals surface area contributed by atoms with E-state index < -0.39 is 0 Å². The largest absolute Gasteiger partial charge is 0.313 e. The van der Waals surface area contributed by atoms with Crippen molar-refractivity contribution < 1.29 is 4.79 Å². The Morgan fingerprint density at radius 3 is 3.08 bits per heavy atom. The van der Waals surface area contributed by atoms with Gasteiger partial charge in [0.15, 0.2) is 5.82 Å². The molecule has 4 rings (SSSR count). The molecule has 0 unspecified atom stereocenters. The number of carbonyl (C=O) groups is 1. The van der Waals surface area contributed by atoms with Crippen LogP contribution in [0.25, 0.3) is 0 Å². The van der Waals surface area contributed by atoms with Crippen LogP contribution in [0.5, 0.6) is 0 Å². The fourth-order valence-corrected chi connectivity index (χ4v) is 4.18. The van der Waals surface area contributed by atoms with Crippen LogP contribution < -0.4 is 10.6 Å². The minimum atomic E-state index is -0.0811. The number of fused-ring (bicyclic) bond motifs is 1. The summed E-state index contributed by atoms with van der Waals surface area (Å²) in [5.74, 6) is 0.508. The van der Waals surface area contributed by atoms with E-state index in [0.29, 0.717) is 5.82 Å². The van der Waals surface area contributed by atoms with Crippen LogP contribution in [0.1, 0.15) is 32.1 Å². The summed E-state index contributed by atoms with van der Waals surface area (Å²) < 4.78 is 1.85. The average Bonchev–Trinajstić information content (AvgIpc) is 3.22. The monoisotopic (exact) mass is 367 g/mol. The zero-order chi connectivity index (χ0) is 17.8. The van der Waals surface area contributed by atoms with E-state index in [1.54, 1.807) is 23.7 Å². The van der Waals surface area contributed by atoms with Crippen LogP contribution in [-0.2, 0) is 25.9 Å². The zero-order valence-corrected chi connectivity index (χ0v) is 15.3. The van der Waals surface area contributed by atoms with Gasteiger partial charge in [0.2, 0.25) is 0 Å². The van der Waals surface area contributed by atoms with Gasteiger partial charge in [-0.1, -0.05) is 0 Å². The lowest BCUT2D eigenvalue weighted by atomic mass is 10.2. The highest BCUT2D eigenvalue weighted by Crippen LogP contribution is 2.26. The third kappa shape index (κ3) is 4.00. The van der Waals surface area contributed by atoms with Gasteiger partial charge in [0.25, 0.3) is 5.91 Å². The second kappa shape index (κ2) is 7.80. The Kier molecular flexibility index (Phi) is 5.08. The molecule has 0 aliphatic carbocycles. The number of pyridine rings is 1. The number of anilines is 1. The number of nitrogens with zero attached hydrogens (tertiary/aromatic N) is 3. The van der Waals surface area contributed by atoms with Crippen molar-refractivity contribution in [3.8, 4) is 0 Å². The Hall–Kier alpha value is -2.51. The molecule has 2 N–H and O–H groups in total. The van der Waals surface area contributed by atoms with E-state index in [-0.39, 0.29) is 5.91 Å². The predicted molar refractivity (Wildman–Crippen MR) is 102 cm³/mol. The number of amides is 1. The van der Waals surface area contributed by atoms with E-state index in [9.17, 15) is 4.79 Å². The Bertz CT molecular complexity index is 863. The number of hydrogen-bond acceptors (Lipinski definition) is 5. The molecule has 0 spiro atoms. The number of aromatic nitrogens is 3. The number of aryl methyl sites for hydroxylation is 3. The fourth-order valence-electron chi connectivity index (χ4n) is 3.06. The first kappa shape index (κ1) is 16.9. The lowest BCUT2D eigenvalue weighted by molar-refractivity contribution is 0.103. The van der Waals surface area contributed by atoms with Gasteiger partial charge in [-0.2, -0.15) is 5.10 Å². The lowest BCUT2D eigenvalue weighted by Gasteiger charge is -2.02. The van der Waals surface area contributed by atoms with Gasteiger partial charge in [0, 0.05) is 42.6 Å². The van der Waals surface area contributed by atoms with Crippen molar-refractivity contribution in [1.82, 2.24) is 20.1 Å². The standard InChI is InChI=1S/C19H21N5OS/c25-19(17-12-15-13-21-7-1-2-16(15)26-17)22-18-6-11-24(23-18)10-5-14-3-8-20-9-4-14/h3-4,6,8-9,11-12,21H,1-2,5,7,10,13H2,(H,22,23,25). The normalized spacial score (nSPS) is 13.8. The van der Waals surface area contributed by atoms with Crippen LogP contribution in [0.3, 0.4) is 0 Å². The highest BCUT2D eigenvalue weighted by atomic mass is 32.1. The van der Waals surface area contributed by atoms with Crippen molar-refractivity contribution in [1.29, 1.82) is 0 Å². The first-order chi connectivity index (χ1) is 12.8. The SMILES string of the molecule is O=C(Nc1ccn(CCc2ccncc2)n1)c1cc2c(s1)CCCNC2. The van der Waals surface area contributed by atoms with E-state index >= 15 is 0 Å². The second-order valence-corrected chi connectivity index (χ2v) is 7.50. The van der Waals surface area contributed by atoms with Gasteiger partial charge in [-0.15, -0.1) is 11.3 Å². The summed E-state index contributed by atoms with van der Waals surface area (Å²) in [6.45, 7) is 2.65. The van der Waals surface area contributed by atoms with Crippen molar-refractivity contribution in [3.05, 3.63) is 63.7 Å². The molecule has 0 saturated carbocycles. The van der Waals surface area contributed by atoms with E-state index in [4.69, 9.17) is 0 Å². The number of rotatable bonds is 5. The van der Waals surface area contributed by atoms with Crippen LogP contribution in [0.2, 0.25) is 0 Å². The first-order valence-corrected chi connectivity index (χ1v) is 9.65. The lowest BCUT2D eigenvalue weighted by Crippen LogP contribution is -2.13. The molecule has 0 bridgehead atoms. The first-order valence-electron chi connectivity index (χ1n) is 8.84. The number of nitrogens with one attached hydrogen (secondary N) is 2. The molecule has 0 fully saturated rings. The Morgan fingerprint density at radius 1 is 1.31 bits per heavy atom. The van der Waals surface area contributed by atoms with Crippen molar-refractivity contribution in [2.24, 2.45) is 0 Å². The van der Waals surface area contributed by atoms with Crippen molar-refractivity contribution >= 4 is 23.1 Å². The summed E-state index contributed by atoms with van der Waals surface area (Å²) >= 11 is 1.60. The topological polar surface area (TPSA) is 71.8 Å². The molecule has 0 saturated heterocycles. The van der Waals surface area contributed by atoms with E-state index in [2.05, 4.69) is 20.7 Å². The van der Waals surface area contributed by atoms with Crippen LogP contribution in [-0.4, -0.2) is 27.2 Å². The number of hydrogen-bond donors (Lipinski definition) is 2. The molecule has 0 atom stereocenters. The van der Waals surface area contributed by atoms with Gasteiger partial charge in [0.05, 0.1) is 4.88 Å². The highest BCUT2D eigenvalue weighted by Gasteiger charge is 2.17. The molecule has 1 amide bonds. The summed E-state index contributed by atoms with van der Waals surface area (Å²) in [4.78, 5) is 18.6. The van der Waals surface area contributed by atoms with Crippen LogP contribution in [0, 0.1) is 0 Å². The minimum absolute atomic E-state index is 0.0811. The third-order valence-electron chi connectivity index (χ3n) is 4.45. The average molecular weight is 367 g/mol. The fraction of sp³-hybridized carbons (Fsp3) is 0.316. The quantitative estimate of drug-likeness (QED) is 0.727. The summed E-state index contributed by atoms with van der Waals surface area (Å²) in [6, 6.07) is 7.85. The highest BCUT2D eigenvalue weighted by molar-refractivity contribution is 7.14. The predicted octanol–water partition coefficient (Wildman–Crippen LogP) is 2.87. The van der Waals surface area contributed by atoms with Crippen molar-refractivity contribution in [2.75, 3.05) is 11.9 Å². The molecule has 7 heteroatoms. The second-order valence-electron chi connectivity index (χ2n) is 6.36. The molecule has 3 aromatic heterocycles. The van der Waals surface area contributed by atoms with Crippen molar-refractivity contribution in [2.45, 2.75) is 32.4 Å². The van der Waals surface area contributed by atoms with Crippen LogP contribution in [0.15, 0.2) is 42.9 Å². The summed E-state index contributed by atoms with van der Waals surface area (Å²) in [5, 5.41) is 10.8. The molecular formula is C19H21N5OS. The molecular weight excluding hydrogens is 346 g/mol. The van der Waals surface area contributed by atoms with Gasteiger partial charge in [-0.3, -0.25) is 14.5 Å². The van der Waals surface area contributed by atoms with Crippen LogP contribution >= 0.6 is 11.3 Å². The molecule has 0 radical (unpaired) electrons. The number of carbonyl (C=O) groups excluding carboxylic acids is 1. The summed E-state index contributed by atoms with van der Waals surface area (Å²) in [6.07, 6.45) is 8.53. The molecule has 6 nitrogen and oxygen atoms in total. The van der Waals surface area contributed by atoms with Gasteiger partial charge in [-0.05, 0) is 55.1 Å². The molecule has 134 valence electrons. The van der Waals surface area contributed by atoms with Crippen molar-refractivity contribution in [3.63, 3.8) is 0 Å². The molecule has 1 aliphatic heterocycles. The van der Waals surface area contributed by atoms with Gasteiger partial charge >= 0.3 is 0 Å². The summed E-state index contributed by atoms with van der Waals surface area (Å²) in [7, 11) is 0. The number of thiophene rings is 1. The molecule has 0 aromatic carbocycles. The molecule has 26 heavy (non-hydrogen) atoms. The zero-order valence-electron chi connectivity index (χ0n) is 14.4. The third-order valence-corrected chi connectivity index (χ3v) is 5.69. The Morgan fingerprint density at radius 2 is 2.19 bits per heavy atom. The maximum Gasteiger partial charge on any atom is 0.266 e. The molecule has 3 aromatic rings. The van der Waals surface area contributed by atoms with E-state index in [1.165, 1.54) is 16.0 Å². The van der Waals surface area contributed by atoms with E-state index in [0.717, 1.165) is 43.8 Å². The van der Waals surface area contributed by atoms with E-state index in [1.807, 2.05) is 35.1 Å². The molecule has 4 heterocycles. The van der Waals surface area contributed by atoms with Gasteiger partial charge < -0.3 is 10.6 Å². The maximum atomic E-state index is 12.5. The van der Waals surface area contributed by atoms with Gasteiger partial charge in [0.1, 0.15) is 0 Å². The summed E-state index contributed by atoms with van der Waals surface area (Å²) in [5.41, 5.74) is 2.47. The van der Waals surface area contributed by atoms with Gasteiger partial charge in [-0.25, -0.2) is 0 Å². The Labute approximate surface area is 156 Å². The van der Waals surface area contributed by atoms with Crippen LogP contribution in [0.4, 0.5) is 5.82 Å². The maximum absolute atomic E-state index is 12.5. The minimum Gasteiger partial charge on any atom is -0.313 e.